The summed E-state index contributed by atoms with van der Waals surface area (Å²) in [6, 6.07) is 1.60. The van der Waals surface area contributed by atoms with Gasteiger partial charge >= 0.3 is 0 Å². The molecule has 5 nitrogen and oxygen atoms in total. The standard InChI is InChI=1S/C7H12N4O/c1-7(2,6(9)12)4-3-5(8)11-10-4/h3H,1-2H3,(H2,9,12)(H3,8,10,11). The third kappa shape index (κ3) is 1.25. The maximum absolute atomic E-state index is 11.0. The SMILES string of the molecule is CC(C)(C(N)=O)c1cc(N)[nH]n1. The number of nitrogens with zero attached hydrogens (tertiary/aromatic N) is 1. The van der Waals surface area contributed by atoms with E-state index in [2.05, 4.69) is 10.2 Å². The number of hydrogen-bond donors (Lipinski definition) is 3. The first kappa shape index (κ1) is 8.58. The molecule has 1 amide bonds. The molecule has 0 unspecified atom stereocenters. The van der Waals surface area contributed by atoms with E-state index >= 15 is 0 Å². The van der Waals surface area contributed by atoms with Crippen LogP contribution in [0.15, 0.2) is 6.07 Å². The van der Waals surface area contributed by atoms with Crippen LogP contribution in [0.1, 0.15) is 19.5 Å². The van der Waals surface area contributed by atoms with Gasteiger partial charge in [-0.25, -0.2) is 0 Å². The van der Waals surface area contributed by atoms with Crippen molar-refractivity contribution < 1.29 is 4.79 Å². The molecule has 0 saturated heterocycles. The van der Waals surface area contributed by atoms with Gasteiger partial charge in [-0.15, -0.1) is 0 Å². The average molecular weight is 168 g/mol. The Bertz CT molecular complexity index is 302. The van der Waals surface area contributed by atoms with E-state index in [0.29, 0.717) is 11.5 Å². The zero-order valence-electron chi connectivity index (χ0n) is 7.09. The van der Waals surface area contributed by atoms with Crippen molar-refractivity contribution in [3.05, 3.63) is 11.8 Å². The molecule has 0 aliphatic rings. The van der Waals surface area contributed by atoms with Crippen LogP contribution in [-0.4, -0.2) is 16.1 Å². The lowest BCUT2D eigenvalue weighted by Gasteiger charge is -2.16. The van der Waals surface area contributed by atoms with E-state index in [0.717, 1.165) is 0 Å². The lowest BCUT2D eigenvalue weighted by Crippen LogP contribution is -2.35. The number of H-pyrrole nitrogens is 1. The third-order valence-electron chi connectivity index (χ3n) is 1.85. The number of carbonyl (C=O) groups is 1. The van der Waals surface area contributed by atoms with E-state index in [4.69, 9.17) is 11.5 Å². The van der Waals surface area contributed by atoms with E-state index < -0.39 is 11.3 Å². The summed E-state index contributed by atoms with van der Waals surface area (Å²) in [5.41, 5.74) is 10.4. The van der Waals surface area contributed by atoms with E-state index in [1.807, 2.05) is 0 Å². The summed E-state index contributed by atoms with van der Waals surface area (Å²) in [7, 11) is 0. The Morgan fingerprint density at radius 3 is 2.58 bits per heavy atom. The lowest BCUT2D eigenvalue weighted by molar-refractivity contribution is -0.122. The van der Waals surface area contributed by atoms with E-state index in [1.165, 1.54) is 0 Å². The van der Waals surface area contributed by atoms with Crippen LogP contribution in [0.4, 0.5) is 5.82 Å². The Balaban J connectivity index is 3.05. The predicted octanol–water partition coefficient (Wildman–Crippen LogP) is -0.245. The van der Waals surface area contributed by atoms with Crippen molar-refractivity contribution in [1.29, 1.82) is 0 Å². The summed E-state index contributed by atoms with van der Waals surface area (Å²) in [5, 5.41) is 6.41. The molecule has 0 radical (unpaired) electrons. The molecule has 0 atom stereocenters. The van der Waals surface area contributed by atoms with Crippen molar-refractivity contribution in [2.24, 2.45) is 5.73 Å². The number of aromatic amines is 1. The molecule has 5 heteroatoms. The van der Waals surface area contributed by atoms with Gasteiger partial charge in [0, 0.05) is 6.07 Å². The van der Waals surface area contributed by atoms with E-state index in [1.54, 1.807) is 19.9 Å². The topological polar surface area (TPSA) is 97.8 Å². The normalized spacial score (nSPS) is 11.5. The van der Waals surface area contributed by atoms with Crippen LogP contribution in [-0.2, 0) is 10.2 Å². The highest BCUT2D eigenvalue weighted by Crippen LogP contribution is 2.21. The molecule has 0 saturated carbocycles. The second kappa shape index (κ2) is 2.51. The number of amides is 1. The van der Waals surface area contributed by atoms with Crippen molar-refractivity contribution in [3.63, 3.8) is 0 Å². The Labute approximate surface area is 70.1 Å². The molecule has 0 bridgehead atoms. The minimum Gasteiger partial charge on any atom is -0.384 e. The van der Waals surface area contributed by atoms with Gasteiger partial charge in [0.05, 0.1) is 11.1 Å². The first-order valence-electron chi connectivity index (χ1n) is 3.56. The van der Waals surface area contributed by atoms with Crippen LogP contribution < -0.4 is 11.5 Å². The molecule has 0 aromatic carbocycles. The van der Waals surface area contributed by atoms with Crippen LogP contribution in [0.5, 0.6) is 0 Å². The monoisotopic (exact) mass is 168 g/mol. The van der Waals surface area contributed by atoms with Gasteiger partial charge in [0.2, 0.25) is 5.91 Å². The highest BCUT2D eigenvalue weighted by Gasteiger charge is 2.29. The smallest absolute Gasteiger partial charge is 0.229 e. The fraction of sp³-hybridized carbons (Fsp3) is 0.429. The molecule has 5 N–H and O–H groups in total. The van der Waals surface area contributed by atoms with Gasteiger partial charge in [0.1, 0.15) is 5.82 Å². The van der Waals surface area contributed by atoms with Gasteiger partial charge in [-0.1, -0.05) is 0 Å². The maximum Gasteiger partial charge on any atom is 0.229 e. The zero-order valence-corrected chi connectivity index (χ0v) is 7.09. The average Bonchev–Trinajstić information content (AvgIpc) is 2.35. The molecule has 1 rings (SSSR count). The number of nitrogens with one attached hydrogen (secondary N) is 1. The van der Waals surface area contributed by atoms with Crippen LogP contribution >= 0.6 is 0 Å². The van der Waals surface area contributed by atoms with Crippen molar-refractivity contribution in [3.8, 4) is 0 Å². The van der Waals surface area contributed by atoms with E-state index in [9.17, 15) is 4.79 Å². The number of nitrogens with two attached hydrogens (primary N) is 2. The summed E-state index contributed by atoms with van der Waals surface area (Å²) in [4.78, 5) is 11.0. The highest BCUT2D eigenvalue weighted by molar-refractivity contribution is 5.85. The molecule has 12 heavy (non-hydrogen) atoms. The Hall–Kier alpha value is -1.52. The van der Waals surface area contributed by atoms with Crippen LogP contribution in [0.2, 0.25) is 0 Å². The lowest BCUT2D eigenvalue weighted by atomic mass is 9.89. The summed E-state index contributed by atoms with van der Waals surface area (Å²) >= 11 is 0. The molecule has 1 aromatic heterocycles. The van der Waals surface area contributed by atoms with Crippen LogP contribution in [0.25, 0.3) is 0 Å². The van der Waals surface area contributed by atoms with Crippen molar-refractivity contribution in [1.82, 2.24) is 10.2 Å². The van der Waals surface area contributed by atoms with Crippen molar-refractivity contribution in [2.45, 2.75) is 19.3 Å². The number of nitrogen functional groups attached to an aromatic ring is 1. The molecular weight excluding hydrogens is 156 g/mol. The van der Waals surface area contributed by atoms with Crippen molar-refractivity contribution in [2.75, 3.05) is 5.73 Å². The molecule has 66 valence electrons. The first-order valence-corrected chi connectivity index (χ1v) is 3.56. The van der Waals surface area contributed by atoms with Gasteiger partial charge in [0.25, 0.3) is 0 Å². The first-order chi connectivity index (χ1) is 5.44. The van der Waals surface area contributed by atoms with Gasteiger partial charge in [0.15, 0.2) is 0 Å². The second-order valence-electron chi connectivity index (χ2n) is 3.20. The molecule has 0 aliphatic carbocycles. The van der Waals surface area contributed by atoms with Crippen LogP contribution in [0.3, 0.4) is 0 Å². The number of carbonyl (C=O) groups excluding carboxylic acids is 1. The molecule has 1 aromatic rings. The number of anilines is 1. The largest absolute Gasteiger partial charge is 0.384 e. The third-order valence-corrected chi connectivity index (χ3v) is 1.85. The molecular formula is C7H12N4O. The summed E-state index contributed by atoms with van der Waals surface area (Å²) in [6.07, 6.45) is 0. The number of aromatic nitrogens is 2. The molecule has 0 spiro atoms. The number of hydrogen-bond acceptors (Lipinski definition) is 3. The summed E-state index contributed by atoms with van der Waals surface area (Å²) < 4.78 is 0. The summed E-state index contributed by atoms with van der Waals surface area (Å²) in [5.74, 6) is 0.00771. The molecule has 0 fully saturated rings. The maximum atomic E-state index is 11.0. The minimum absolute atomic E-state index is 0.422. The second-order valence-corrected chi connectivity index (χ2v) is 3.20. The molecule has 1 heterocycles. The van der Waals surface area contributed by atoms with Gasteiger partial charge in [-0.2, -0.15) is 5.10 Å². The highest BCUT2D eigenvalue weighted by atomic mass is 16.1. The van der Waals surface area contributed by atoms with Crippen LogP contribution in [0, 0.1) is 0 Å². The predicted molar refractivity (Wildman–Crippen MR) is 45.2 cm³/mol. The fourth-order valence-corrected chi connectivity index (χ4v) is 0.783. The molecule has 0 aliphatic heterocycles. The van der Waals surface area contributed by atoms with Gasteiger partial charge < -0.3 is 11.5 Å². The summed E-state index contributed by atoms with van der Waals surface area (Å²) in [6.45, 7) is 3.40. The van der Waals surface area contributed by atoms with Crippen molar-refractivity contribution >= 4 is 11.7 Å². The van der Waals surface area contributed by atoms with E-state index in [-0.39, 0.29) is 0 Å². The zero-order chi connectivity index (χ0) is 9.35. The Morgan fingerprint density at radius 2 is 2.25 bits per heavy atom. The van der Waals surface area contributed by atoms with Gasteiger partial charge in [-0.05, 0) is 13.8 Å². The minimum atomic E-state index is -0.770. The number of primary amides is 1. The Kier molecular flexibility index (Phi) is 1.79. The van der Waals surface area contributed by atoms with Gasteiger partial charge in [-0.3, -0.25) is 9.89 Å². The Morgan fingerprint density at radius 1 is 1.67 bits per heavy atom. The fourth-order valence-electron chi connectivity index (χ4n) is 0.783. The number of rotatable bonds is 2. The quantitative estimate of drug-likeness (QED) is 0.568.